The molecule has 2 aromatic rings. The van der Waals surface area contributed by atoms with Crippen LogP contribution in [0, 0.1) is 17.0 Å². The molecule has 1 fully saturated rings. The van der Waals surface area contributed by atoms with Crippen LogP contribution in [0.1, 0.15) is 30.4 Å². The number of halogens is 2. The minimum Gasteiger partial charge on any atom is -0.481 e. The summed E-state index contributed by atoms with van der Waals surface area (Å²) in [7, 11) is 0. The smallest absolute Gasteiger partial charge is 0.307 e. The molecule has 0 saturated heterocycles. The third-order valence-corrected chi connectivity index (χ3v) is 4.88. The molecule has 1 saturated carbocycles. The number of anilines is 1. The summed E-state index contributed by atoms with van der Waals surface area (Å²) in [5.74, 6) is -2.35. The van der Waals surface area contributed by atoms with Crippen molar-refractivity contribution in [2.75, 3.05) is 5.32 Å². The molecule has 3 rings (SSSR count). The molecule has 0 heterocycles. The van der Waals surface area contributed by atoms with Gasteiger partial charge in [0.05, 0.1) is 11.8 Å². The Labute approximate surface area is 149 Å². The minimum atomic E-state index is -1.12. The molecule has 6 heteroatoms. The van der Waals surface area contributed by atoms with Crippen LogP contribution in [-0.4, -0.2) is 17.0 Å². The van der Waals surface area contributed by atoms with Crippen LogP contribution in [0.3, 0.4) is 0 Å². The molecule has 0 spiro atoms. The Balaban J connectivity index is 1.73. The molecular formula is C20H19F2NO3. The monoisotopic (exact) mass is 359 g/mol. The zero-order valence-corrected chi connectivity index (χ0v) is 14.1. The minimum absolute atomic E-state index is 0.0635. The van der Waals surface area contributed by atoms with E-state index in [9.17, 15) is 18.4 Å². The van der Waals surface area contributed by atoms with Crippen molar-refractivity contribution in [2.24, 2.45) is 5.41 Å². The van der Waals surface area contributed by atoms with Crippen LogP contribution in [0.5, 0.6) is 0 Å². The number of carbonyl (C=O) groups is 2. The first-order valence-electron chi connectivity index (χ1n) is 8.44. The lowest BCUT2D eigenvalue weighted by atomic mass is 9.64. The number of carboxylic acid groups (broad SMARTS) is 1. The summed E-state index contributed by atoms with van der Waals surface area (Å²) < 4.78 is 27.4. The normalized spacial score (nSPS) is 15.2. The first kappa shape index (κ1) is 18.0. The fraction of sp³-hybridized carbons (Fsp3) is 0.300. The maximum absolute atomic E-state index is 14.0. The van der Waals surface area contributed by atoms with Crippen LogP contribution >= 0.6 is 0 Å². The summed E-state index contributed by atoms with van der Waals surface area (Å²) in [4.78, 5) is 23.5. The van der Waals surface area contributed by atoms with E-state index in [1.807, 2.05) is 0 Å². The Morgan fingerprint density at radius 1 is 1.12 bits per heavy atom. The summed E-state index contributed by atoms with van der Waals surface area (Å²) in [5.41, 5.74) is 0.480. The van der Waals surface area contributed by atoms with E-state index >= 15 is 0 Å². The molecule has 0 aliphatic heterocycles. The van der Waals surface area contributed by atoms with Crippen molar-refractivity contribution >= 4 is 17.6 Å². The molecular weight excluding hydrogens is 340 g/mol. The van der Waals surface area contributed by atoms with Crippen molar-refractivity contribution in [1.29, 1.82) is 0 Å². The van der Waals surface area contributed by atoms with Crippen molar-refractivity contribution in [3.8, 4) is 0 Å². The highest BCUT2D eigenvalue weighted by atomic mass is 19.1. The molecule has 2 N–H and O–H groups in total. The first-order valence-corrected chi connectivity index (χ1v) is 8.44. The van der Waals surface area contributed by atoms with Gasteiger partial charge in [0.2, 0.25) is 5.91 Å². The second-order valence-electron chi connectivity index (χ2n) is 6.77. The Kier molecular flexibility index (Phi) is 5.02. The summed E-state index contributed by atoms with van der Waals surface area (Å²) in [6.07, 6.45) is 2.30. The Bertz CT molecular complexity index is 847. The van der Waals surface area contributed by atoms with E-state index in [0.29, 0.717) is 19.3 Å². The molecule has 0 bridgehead atoms. The molecule has 0 aromatic heterocycles. The molecule has 4 nitrogen and oxygen atoms in total. The number of carbonyl (C=O) groups excluding carboxylic acids is 1. The van der Waals surface area contributed by atoms with Gasteiger partial charge < -0.3 is 10.4 Å². The van der Waals surface area contributed by atoms with Gasteiger partial charge in [-0.2, -0.15) is 0 Å². The van der Waals surface area contributed by atoms with Crippen molar-refractivity contribution in [3.63, 3.8) is 0 Å². The van der Waals surface area contributed by atoms with Crippen LogP contribution in [0.2, 0.25) is 0 Å². The van der Waals surface area contributed by atoms with Crippen LogP contribution in [0.15, 0.2) is 42.5 Å². The number of hydrogen-bond donors (Lipinski definition) is 2. The van der Waals surface area contributed by atoms with Gasteiger partial charge in [-0.1, -0.05) is 24.6 Å². The number of rotatable bonds is 6. The van der Waals surface area contributed by atoms with E-state index < -0.39 is 23.6 Å². The van der Waals surface area contributed by atoms with E-state index in [1.165, 1.54) is 24.3 Å². The Hall–Kier alpha value is -2.76. The molecule has 0 atom stereocenters. The summed E-state index contributed by atoms with van der Waals surface area (Å²) in [6, 6.07) is 10.2. The SMILES string of the molecule is O=C(O)Cc1ccc(NC(=O)C2(Cc3cccc(F)c3)CCC2)cc1F. The lowest BCUT2D eigenvalue weighted by Gasteiger charge is -2.40. The predicted octanol–water partition coefficient (Wildman–Crippen LogP) is 3.94. The van der Waals surface area contributed by atoms with Crippen molar-refractivity contribution in [2.45, 2.75) is 32.1 Å². The Morgan fingerprint density at radius 3 is 2.46 bits per heavy atom. The van der Waals surface area contributed by atoms with E-state index in [1.54, 1.807) is 12.1 Å². The molecule has 1 amide bonds. The lowest BCUT2D eigenvalue weighted by molar-refractivity contribution is -0.136. The van der Waals surface area contributed by atoms with Crippen molar-refractivity contribution in [1.82, 2.24) is 0 Å². The second-order valence-corrected chi connectivity index (χ2v) is 6.77. The van der Waals surface area contributed by atoms with Gasteiger partial charge in [0, 0.05) is 5.69 Å². The topological polar surface area (TPSA) is 66.4 Å². The summed E-state index contributed by atoms with van der Waals surface area (Å²) in [6.45, 7) is 0. The zero-order chi connectivity index (χ0) is 18.7. The van der Waals surface area contributed by atoms with Crippen LogP contribution in [0.4, 0.5) is 14.5 Å². The van der Waals surface area contributed by atoms with Gasteiger partial charge in [-0.15, -0.1) is 0 Å². The number of carboxylic acids is 1. The average Bonchev–Trinajstić information content (AvgIpc) is 2.53. The van der Waals surface area contributed by atoms with E-state index in [4.69, 9.17) is 5.11 Å². The van der Waals surface area contributed by atoms with Crippen LogP contribution in [0.25, 0.3) is 0 Å². The van der Waals surface area contributed by atoms with Crippen molar-refractivity contribution < 1.29 is 23.5 Å². The zero-order valence-electron chi connectivity index (χ0n) is 14.1. The van der Waals surface area contributed by atoms with Gasteiger partial charge in [0.15, 0.2) is 0 Å². The quantitative estimate of drug-likeness (QED) is 0.821. The average molecular weight is 359 g/mol. The maximum Gasteiger partial charge on any atom is 0.307 e. The standard InChI is InChI=1S/C20H19F2NO3/c21-15-4-1-3-13(9-15)12-20(7-2-8-20)19(26)23-16-6-5-14(10-18(24)25)17(22)11-16/h1,3-6,9,11H,2,7-8,10,12H2,(H,23,26)(H,24,25). The number of hydrogen-bond acceptors (Lipinski definition) is 2. The van der Waals surface area contributed by atoms with E-state index in [-0.39, 0.29) is 23.0 Å². The van der Waals surface area contributed by atoms with Crippen LogP contribution < -0.4 is 5.32 Å². The third kappa shape index (κ3) is 3.90. The summed E-state index contributed by atoms with van der Waals surface area (Å²) in [5, 5.41) is 11.5. The molecule has 136 valence electrons. The number of benzene rings is 2. The van der Waals surface area contributed by atoms with Gasteiger partial charge >= 0.3 is 5.97 Å². The molecule has 0 unspecified atom stereocenters. The van der Waals surface area contributed by atoms with Crippen molar-refractivity contribution in [3.05, 3.63) is 65.2 Å². The molecule has 0 radical (unpaired) electrons. The molecule has 1 aliphatic carbocycles. The molecule has 1 aliphatic rings. The van der Waals surface area contributed by atoms with E-state index in [2.05, 4.69) is 5.32 Å². The van der Waals surface area contributed by atoms with Gasteiger partial charge in [-0.25, -0.2) is 8.78 Å². The highest BCUT2D eigenvalue weighted by Crippen LogP contribution is 2.44. The number of nitrogens with one attached hydrogen (secondary N) is 1. The van der Waals surface area contributed by atoms with Gasteiger partial charge in [-0.05, 0) is 54.7 Å². The predicted molar refractivity (Wildman–Crippen MR) is 92.8 cm³/mol. The molecule has 26 heavy (non-hydrogen) atoms. The number of aliphatic carboxylic acids is 1. The fourth-order valence-corrected chi connectivity index (χ4v) is 3.32. The lowest BCUT2D eigenvalue weighted by Crippen LogP contribution is -2.43. The number of amides is 1. The third-order valence-electron chi connectivity index (χ3n) is 4.88. The maximum atomic E-state index is 14.0. The Morgan fingerprint density at radius 2 is 1.88 bits per heavy atom. The van der Waals surface area contributed by atoms with Gasteiger partial charge in [-0.3, -0.25) is 9.59 Å². The van der Waals surface area contributed by atoms with E-state index in [0.717, 1.165) is 18.1 Å². The molecule has 2 aromatic carbocycles. The highest BCUT2D eigenvalue weighted by molar-refractivity contribution is 5.96. The highest BCUT2D eigenvalue weighted by Gasteiger charge is 2.44. The fourth-order valence-electron chi connectivity index (χ4n) is 3.32. The van der Waals surface area contributed by atoms with Gasteiger partial charge in [0.1, 0.15) is 11.6 Å². The largest absolute Gasteiger partial charge is 0.481 e. The summed E-state index contributed by atoms with van der Waals surface area (Å²) >= 11 is 0. The first-order chi connectivity index (χ1) is 12.4. The second kappa shape index (κ2) is 7.23. The van der Waals surface area contributed by atoms with Crippen LogP contribution in [-0.2, 0) is 22.4 Å². The van der Waals surface area contributed by atoms with Gasteiger partial charge in [0.25, 0.3) is 0 Å².